The molecule has 2 aliphatic rings. The number of aromatic nitrogens is 1. The summed E-state index contributed by atoms with van der Waals surface area (Å²) < 4.78 is 5.58. The highest BCUT2D eigenvalue weighted by molar-refractivity contribution is 7.10. The largest absolute Gasteiger partial charge is 0.496 e. The van der Waals surface area contributed by atoms with Gasteiger partial charge in [-0.05, 0) is 25.3 Å². The number of urea groups is 1. The molecule has 0 bridgehead atoms. The third kappa shape index (κ3) is 3.65. The molecule has 5 nitrogen and oxygen atoms in total. The van der Waals surface area contributed by atoms with Crippen LogP contribution in [-0.4, -0.2) is 18.1 Å². The molecular weight excluding hydrogens is 370 g/mol. The lowest BCUT2D eigenvalue weighted by Crippen LogP contribution is -2.43. The molecule has 1 unspecified atom stereocenters. The van der Waals surface area contributed by atoms with Crippen molar-refractivity contribution >= 4 is 22.9 Å². The van der Waals surface area contributed by atoms with Crippen LogP contribution in [0.25, 0.3) is 5.57 Å². The van der Waals surface area contributed by atoms with Crippen molar-refractivity contribution in [3.8, 4) is 5.75 Å². The van der Waals surface area contributed by atoms with E-state index in [0.29, 0.717) is 5.92 Å². The second-order valence-corrected chi connectivity index (χ2v) is 8.29. The SMILES string of the molecule is CCC1=C(c2nc(C3CCCCC3)cs2)C(c2ccccc2OC)NC(=O)N1. The zero-order valence-electron chi connectivity index (χ0n) is 16.5. The van der Waals surface area contributed by atoms with Crippen molar-refractivity contribution in [3.05, 3.63) is 51.6 Å². The van der Waals surface area contributed by atoms with Gasteiger partial charge in [0.2, 0.25) is 0 Å². The molecule has 148 valence electrons. The lowest BCUT2D eigenvalue weighted by Gasteiger charge is -2.30. The smallest absolute Gasteiger partial charge is 0.319 e. The number of para-hydroxylation sites is 1. The van der Waals surface area contributed by atoms with Gasteiger partial charge in [0.25, 0.3) is 0 Å². The summed E-state index contributed by atoms with van der Waals surface area (Å²) in [5.41, 5.74) is 4.15. The van der Waals surface area contributed by atoms with Gasteiger partial charge in [0, 0.05) is 28.1 Å². The van der Waals surface area contributed by atoms with Crippen LogP contribution < -0.4 is 15.4 Å². The van der Waals surface area contributed by atoms with Gasteiger partial charge in [-0.15, -0.1) is 11.3 Å². The topological polar surface area (TPSA) is 63.2 Å². The van der Waals surface area contributed by atoms with Crippen molar-refractivity contribution < 1.29 is 9.53 Å². The number of benzene rings is 1. The van der Waals surface area contributed by atoms with E-state index in [0.717, 1.165) is 34.0 Å². The molecule has 2 heterocycles. The fourth-order valence-electron chi connectivity index (χ4n) is 4.28. The second-order valence-electron chi connectivity index (χ2n) is 7.43. The molecule has 0 radical (unpaired) electrons. The minimum Gasteiger partial charge on any atom is -0.496 e. The van der Waals surface area contributed by atoms with E-state index in [9.17, 15) is 4.79 Å². The first-order valence-electron chi connectivity index (χ1n) is 10.1. The van der Waals surface area contributed by atoms with Gasteiger partial charge >= 0.3 is 6.03 Å². The number of hydrogen-bond donors (Lipinski definition) is 2. The summed E-state index contributed by atoms with van der Waals surface area (Å²) in [5.74, 6) is 1.34. The number of nitrogens with zero attached hydrogens (tertiary/aromatic N) is 1. The fraction of sp³-hybridized carbons (Fsp3) is 0.455. The van der Waals surface area contributed by atoms with Crippen LogP contribution in [0, 0.1) is 0 Å². The predicted octanol–water partition coefficient (Wildman–Crippen LogP) is 5.37. The molecule has 0 saturated heterocycles. The Bertz CT molecular complexity index is 883. The normalized spacial score (nSPS) is 20.6. The van der Waals surface area contributed by atoms with Crippen molar-refractivity contribution in [3.63, 3.8) is 0 Å². The monoisotopic (exact) mass is 397 g/mol. The first-order valence-corrected chi connectivity index (χ1v) is 11.0. The Balaban J connectivity index is 1.76. The summed E-state index contributed by atoms with van der Waals surface area (Å²) in [7, 11) is 1.66. The van der Waals surface area contributed by atoms with E-state index in [2.05, 4.69) is 22.9 Å². The van der Waals surface area contributed by atoms with Crippen LogP contribution in [0.5, 0.6) is 5.75 Å². The number of carbonyl (C=O) groups is 1. The minimum atomic E-state index is -0.273. The molecule has 1 aromatic carbocycles. The molecule has 28 heavy (non-hydrogen) atoms. The molecule has 1 atom stereocenters. The van der Waals surface area contributed by atoms with Gasteiger partial charge in [-0.2, -0.15) is 0 Å². The molecule has 0 spiro atoms. The highest BCUT2D eigenvalue weighted by Gasteiger charge is 2.32. The minimum absolute atomic E-state index is 0.180. The number of rotatable bonds is 5. The Morgan fingerprint density at radius 3 is 2.75 bits per heavy atom. The summed E-state index contributed by atoms with van der Waals surface area (Å²) in [6.45, 7) is 2.07. The van der Waals surface area contributed by atoms with Gasteiger partial charge in [-0.3, -0.25) is 0 Å². The number of amides is 2. The molecule has 6 heteroatoms. The molecule has 1 saturated carbocycles. The average molecular weight is 398 g/mol. The summed E-state index contributed by atoms with van der Waals surface area (Å²) in [6, 6.07) is 7.41. The van der Waals surface area contributed by atoms with E-state index in [1.54, 1.807) is 18.4 Å². The molecule has 4 rings (SSSR count). The van der Waals surface area contributed by atoms with Gasteiger partial charge in [0.1, 0.15) is 10.8 Å². The number of ether oxygens (including phenoxy) is 1. The lowest BCUT2D eigenvalue weighted by atomic mass is 9.87. The Labute approximate surface area is 170 Å². The average Bonchev–Trinajstić information content (AvgIpc) is 3.23. The highest BCUT2D eigenvalue weighted by Crippen LogP contribution is 2.41. The van der Waals surface area contributed by atoms with E-state index in [-0.39, 0.29) is 12.1 Å². The molecule has 1 aliphatic heterocycles. The van der Waals surface area contributed by atoms with Crippen LogP contribution in [0.3, 0.4) is 0 Å². The van der Waals surface area contributed by atoms with Gasteiger partial charge in [0.05, 0.1) is 18.8 Å². The summed E-state index contributed by atoms with van der Waals surface area (Å²) in [4.78, 5) is 17.4. The third-order valence-corrected chi connectivity index (χ3v) is 6.63. The zero-order chi connectivity index (χ0) is 19.5. The highest BCUT2D eigenvalue weighted by atomic mass is 32.1. The van der Waals surface area contributed by atoms with Crippen LogP contribution in [0.15, 0.2) is 35.3 Å². The predicted molar refractivity (Wildman–Crippen MR) is 113 cm³/mol. The van der Waals surface area contributed by atoms with Crippen molar-refractivity contribution in [2.75, 3.05) is 7.11 Å². The van der Waals surface area contributed by atoms with Crippen LogP contribution in [0.1, 0.15) is 73.7 Å². The van der Waals surface area contributed by atoms with E-state index in [4.69, 9.17) is 9.72 Å². The molecular formula is C22H27N3O2S. The maximum atomic E-state index is 12.3. The molecule has 1 aliphatic carbocycles. The standard InChI is InChI=1S/C22H27N3O2S/c1-3-16-19(21-23-17(13-28-21)14-9-5-4-6-10-14)20(25-22(26)24-16)15-11-7-8-12-18(15)27-2/h7-8,11-14,20H,3-6,9-10H2,1-2H3,(H2,24,25,26). The molecule has 1 fully saturated rings. The number of methoxy groups -OCH3 is 1. The van der Waals surface area contributed by atoms with Gasteiger partial charge in [-0.25, -0.2) is 9.78 Å². The van der Waals surface area contributed by atoms with E-state index in [1.807, 2.05) is 24.3 Å². The maximum absolute atomic E-state index is 12.3. The van der Waals surface area contributed by atoms with E-state index >= 15 is 0 Å². The summed E-state index contributed by atoms with van der Waals surface area (Å²) in [6.07, 6.45) is 7.13. The van der Waals surface area contributed by atoms with Crippen LogP contribution in [0.4, 0.5) is 4.79 Å². The Kier molecular flexibility index (Phi) is 5.67. The van der Waals surface area contributed by atoms with Crippen LogP contribution >= 0.6 is 11.3 Å². The van der Waals surface area contributed by atoms with Crippen LogP contribution in [-0.2, 0) is 0 Å². The van der Waals surface area contributed by atoms with Crippen molar-refractivity contribution in [2.24, 2.45) is 0 Å². The molecule has 2 aromatic rings. The number of thiazole rings is 1. The van der Waals surface area contributed by atoms with Crippen molar-refractivity contribution in [1.29, 1.82) is 0 Å². The first-order chi connectivity index (χ1) is 13.7. The van der Waals surface area contributed by atoms with E-state index < -0.39 is 0 Å². The van der Waals surface area contributed by atoms with Crippen molar-refractivity contribution in [2.45, 2.75) is 57.4 Å². The molecule has 1 aromatic heterocycles. The number of nitrogens with one attached hydrogen (secondary N) is 2. The third-order valence-electron chi connectivity index (χ3n) is 5.73. The Hall–Kier alpha value is -2.34. The number of carbonyl (C=O) groups excluding carboxylic acids is 1. The fourth-order valence-corrected chi connectivity index (χ4v) is 5.29. The van der Waals surface area contributed by atoms with Crippen molar-refractivity contribution in [1.82, 2.24) is 15.6 Å². The summed E-state index contributed by atoms with van der Waals surface area (Å²) in [5, 5.41) is 9.28. The van der Waals surface area contributed by atoms with Gasteiger partial charge in [0.15, 0.2) is 0 Å². The number of allylic oxidation sites excluding steroid dienone is 1. The van der Waals surface area contributed by atoms with E-state index in [1.165, 1.54) is 37.8 Å². The summed E-state index contributed by atoms with van der Waals surface area (Å²) >= 11 is 1.68. The van der Waals surface area contributed by atoms with Crippen LogP contribution in [0.2, 0.25) is 0 Å². The van der Waals surface area contributed by atoms with Gasteiger partial charge < -0.3 is 15.4 Å². The Morgan fingerprint density at radius 2 is 2.00 bits per heavy atom. The number of hydrogen-bond acceptors (Lipinski definition) is 4. The molecule has 2 amide bonds. The lowest BCUT2D eigenvalue weighted by molar-refractivity contribution is 0.239. The first kappa shape index (κ1) is 19.0. The zero-order valence-corrected chi connectivity index (χ0v) is 17.3. The maximum Gasteiger partial charge on any atom is 0.319 e. The Morgan fingerprint density at radius 1 is 1.21 bits per heavy atom. The second kappa shape index (κ2) is 8.35. The van der Waals surface area contributed by atoms with Gasteiger partial charge in [-0.1, -0.05) is 44.4 Å². The molecule has 2 N–H and O–H groups in total. The quantitative estimate of drug-likeness (QED) is 0.712.